The van der Waals surface area contributed by atoms with Crippen molar-refractivity contribution in [2.75, 3.05) is 7.05 Å². The van der Waals surface area contributed by atoms with E-state index in [9.17, 15) is 18.0 Å². The van der Waals surface area contributed by atoms with Crippen molar-refractivity contribution in [3.63, 3.8) is 0 Å². The Morgan fingerprint density at radius 1 is 1.29 bits per heavy atom. The van der Waals surface area contributed by atoms with Gasteiger partial charge in [0, 0.05) is 13.1 Å². The van der Waals surface area contributed by atoms with Crippen LogP contribution in [0.3, 0.4) is 0 Å². The zero-order valence-electron chi connectivity index (χ0n) is 13.2. The number of carbonyl (C=O) groups excluding carboxylic acids is 1. The van der Waals surface area contributed by atoms with Crippen molar-refractivity contribution in [2.45, 2.75) is 58.7 Å². The van der Waals surface area contributed by atoms with Crippen molar-refractivity contribution in [2.24, 2.45) is 0 Å². The molecule has 124 valence electrons. The first-order valence-electron chi connectivity index (χ1n) is 6.46. The number of hydrogen-bond acceptors (Lipinski definition) is 5. The summed E-state index contributed by atoms with van der Waals surface area (Å²) in [7, 11) is -2.68. The Hall–Kier alpha value is -1.19. The number of carbonyl (C=O) groups is 2. The number of ether oxygens (including phenoxy) is 1. The predicted octanol–water partition coefficient (Wildman–Crippen LogP) is 0.346. The maximum Gasteiger partial charge on any atom is 0.322 e. The van der Waals surface area contributed by atoms with E-state index in [0.29, 0.717) is 0 Å². The third kappa shape index (κ3) is 7.39. The Morgan fingerprint density at radius 3 is 2.10 bits per heavy atom. The molecule has 0 fully saturated rings. The maximum atomic E-state index is 12.0. The molecule has 21 heavy (non-hydrogen) atoms. The maximum absolute atomic E-state index is 12.0. The van der Waals surface area contributed by atoms with Crippen molar-refractivity contribution in [1.29, 1.82) is 0 Å². The standard InChI is InChI=1S/C12H24N2O6S/c1-8(2)14(6)21(18,19)13-9(11(16)17)7-10(15)20-12(3,4)5/h8-9,13H,7H2,1-6H3,(H,16,17)/t9-/m0/s1. The lowest BCUT2D eigenvalue weighted by Gasteiger charge is -2.24. The zero-order valence-corrected chi connectivity index (χ0v) is 14.0. The van der Waals surface area contributed by atoms with Crippen LogP contribution in [-0.4, -0.2) is 54.5 Å². The highest BCUT2D eigenvalue weighted by molar-refractivity contribution is 7.87. The molecular formula is C12H24N2O6S. The van der Waals surface area contributed by atoms with E-state index in [0.717, 1.165) is 4.31 Å². The van der Waals surface area contributed by atoms with Gasteiger partial charge in [0.15, 0.2) is 0 Å². The van der Waals surface area contributed by atoms with Crippen LogP contribution in [0.25, 0.3) is 0 Å². The number of carboxylic acid groups (broad SMARTS) is 1. The van der Waals surface area contributed by atoms with E-state index in [4.69, 9.17) is 9.84 Å². The molecule has 0 amide bonds. The van der Waals surface area contributed by atoms with E-state index >= 15 is 0 Å². The van der Waals surface area contributed by atoms with Gasteiger partial charge in [0.25, 0.3) is 10.2 Å². The lowest BCUT2D eigenvalue weighted by Crippen LogP contribution is -2.50. The van der Waals surface area contributed by atoms with Crippen LogP contribution < -0.4 is 4.72 Å². The first-order valence-corrected chi connectivity index (χ1v) is 7.90. The van der Waals surface area contributed by atoms with Crippen LogP contribution in [0.1, 0.15) is 41.0 Å². The zero-order chi connectivity index (χ0) is 17.0. The van der Waals surface area contributed by atoms with Crippen molar-refractivity contribution >= 4 is 22.1 Å². The second kappa shape index (κ2) is 7.19. The lowest BCUT2D eigenvalue weighted by molar-refractivity contribution is -0.158. The van der Waals surface area contributed by atoms with Gasteiger partial charge in [-0.25, -0.2) is 0 Å². The first-order chi connectivity index (χ1) is 9.26. The number of carboxylic acids is 1. The fourth-order valence-corrected chi connectivity index (χ4v) is 2.53. The number of hydrogen-bond donors (Lipinski definition) is 2. The summed E-state index contributed by atoms with van der Waals surface area (Å²) in [5, 5.41) is 9.05. The first kappa shape index (κ1) is 19.8. The van der Waals surface area contributed by atoms with Gasteiger partial charge in [0.1, 0.15) is 11.6 Å². The van der Waals surface area contributed by atoms with Gasteiger partial charge in [-0.2, -0.15) is 17.4 Å². The average molecular weight is 324 g/mol. The van der Waals surface area contributed by atoms with Crippen molar-refractivity contribution < 1.29 is 27.9 Å². The molecule has 9 heteroatoms. The van der Waals surface area contributed by atoms with Crippen molar-refractivity contribution in [3.8, 4) is 0 Å². The number of nitrogens with zero attached hydrogens (tertiary/aromatic N) is 1. The summed E-state index contributed by atoms with van der Waals surface area (Å²) < 4.78 is 31.9. The van der Waals surface area contributed by atoms with E-state index in [1.165, 1.54) is 7.05 Å². The minimum Gasteiger partial charge on any atom is -0.480 e. The molecule has 0 heterocycles. The summed E-state index contributed by atoms with van der Waals surface area (Å²) in [6, 6.07) is -1.93. The summed E-state index contributed by atoms with van der Waals surface area (Å²) in [5.41, 5.74) is -0.770. The Labute approximate surface area is 125 Å². The molecule has 0 rings (SSSR count). The number of aliphatic carboxylic acids is 1. The van der Waals surface area contributed by atoms with E-state index in [-0.39, 0.29) is 6.04 Å². The normalized spacial score (nSPS) is 14.3. The average Bonchev–Trinajstić information content (AvgIpc) is 2.23. The number of nitrogens with one attached hydrogen (secondary N) is 1. The van der Waals surface area contributed by atoms with Crippen LogP contribution in [0.5, 0.6) is 0 Å². The summed E-state index contributed by atoms with van der Waals surface area (Å²) in [4.78, 5) is 22.7. The molecule has 0 saturated carbocycles. The number of esters is 1. The molecule has 2 N–H and O–H groups in total. The van der Waals surface area contributed by atoms with Gasteiger partial charge in [-0.1, -0.05) is 0 Å². The molecule has 0 aliphatic heterocycles. The van der Waals surface area contributed by atoms with Crippen molar-refractivity contribution in [1.82, 2.24) is 9.03 Å². The molecule has 0 bridgehead atoms. The van der Waals surface area contributed by atoms with Crippen LogP contribution in [0, 0.1) is 0 Å². The molecule has 1 atom stereocenters. The summed E-state index contributed by atoms with van der Waals surface area (Å²) in [5.74, 6) is -2.23. The molecule has 0 aliphatic rings. The van der Waals surface area contributed by atoms with E-state index < -0.39 is 40.2 Å². The van der Waals surface area contributed by atoms with E-state index in [1.807, 2.05) is 4.72 Å². The molecule has 0 saturated heterocycles. The van der Waals surface area contributed by atoms with Gasteiger partial charge in [-0.3, -0.25) is 9.59 Å². The van der Waals surface area contributed by atoms with Gasteiger partial charge >= 0.3 is 11.9 Å². The highest BCUT2D eigenvalue weighted by atomic mass is 32.2. The van der Waals surface area contributed by atoms with E-state index in [2.05, 4.69) is 0 Å². The second-order valence-corrected chi connectivity index (χ2v) is 7.68. The topological polar surface area (TPSA) is 113 Å². The molecule has 0 aliphatic carbocycles. The second-order valence-electron chi connectivity index (χ2n) is 5.91. The lowest BCUT2D eigenvalue weighted by atomic mass is 10.2. The molecule has 8 nitrogen and oxygen atoms in total. The van der Waals surface area contributed by atoms with Crippen LogP contribution in [0.15, 0.2) is 0 Å². The highest BCUT2D eigenvalue weighted by Gasteiger charge is 2.31. The van der Waals surface area contributed by atoms with Gasteiger partial charge in [-0.05, 0) is 34.6 Å². The molecule has 0 radical (unpaired) electrons. The Bertz CT molecular complexity index is 480. The van der Waals surface area contributed by atoms with Crippen molar-refractivity contribution in [3.05, 3.63) is 0 Å². The Morgan fingerprint density at radius 2 is 1.76 bits per heavy atom. The smallest absolute Gasteiger partial charge is 0.322 e. The summed E-state index contributed by atoms with van der Waals surface area (Å²) in [6.07, 6.45) is -0.586. The Balaban J connectivity index is 4.95. The molecule has 0 aromatic rings. The van der Waals surface area contributed by atoms with Gasteiger partial charge in [0.05, 0.1) is 6.42 Å². The van der Waals surface area contributed by atoms with E-state index in [1.54, 1.807) is 34.6 Å². The monoisotopic (exact) mass is 324 g/mol. The molecule has 0 aromatic carbocycles. The molecule has 0 aromatic heterocycles. The van der Waals surface area contributed by atoms with Crippen LogP contribution >= 0.6 is 0 Å². The van der Waals surface area contributed by atoms with Gasteiger partial charge in [-0.15, -0.1) is 0 Å². The quantitative estimate of drug-likeness (QED) is 0.653. The molecular weight excluding hydrogens is 300 g/mol. The highest BCUT2D eigenvalue weighted by Crippen LogP contribution is 2.10. The summed E-state index contributed by atoms with van der Waals surface area (Å²) >= 11 is 0. The largest absolute Gasteiger partial charge is 0.480 e. The summed E-state index contributed by atoms with van der Waals surface area (Å²) in [6.45, 7) is 8.19. The minimum atomic E-state index is -4.00. The van der Waals surface area contributed by atoms with Gasteiger partial charge < -0.3 is 9.84 Å². The SMILES string of the molecule is CC(C)N(C)S(=O)(=O)N[C@@H](CC(=O)OC(C)(C)C)C(=O)O. The van der Waals surface area contributed by atoms with Crippen LogP contribution in [-0.2, 0) is 24.5 Å². The fourth-order valence-electron chi connectivity index (χ4n) is 1.27. The Kier molecular flexibility index (Phi) is 6.78. The van der Waals surface area contributed by atoms with Crippen LogP contribution in [0.4, 0.5) is 0 Å². The molecule has 0 unspecified atom stereocenters. The van der Waals surface area contributed by atoms with Crippen LogP contribution in [0.2, 0.25) is 0 Å². The third-order valence-corrected chi connectivity index (χ3v) is 4.25. The fraction of sp³-hybridized carbons (Fsp3) is 0.833. The predicted molar refractivity (Wildman–Crippen MR) is 76.8 cm³/mol. The number of rotatable bonds is 7. The minimum absolute atomic E-state index is 0.349. The molecule has 0 spiro atoms. The van der Waals surface area contributed by atoms with Gasteiger partial charge in [0.2, 0.25) is 0 Å². The third-order valence-electron chi connectivity index (χ3n) is 2.49.